The van der Waals surface area contributed by atoms with Gasteiger partial charge < -0.3 is 11.5 Å². The van der Waals surface area contributed by atoms with Gasteiger partial charge in [0.15, 0.2) is 0 Å². The van der Waals surface area contributed by atoms with E-state index in [1.54, 1.807) is 18.3 Å². The van der Waals surface area contributed by atoms with Gasteiger partial charge in [0, 0.05) is 11.9 Å². The molecule has 0 atom stereocenters. The molecule has 0 aliphatic carbocycles. The van der Waals surface area contributed by atoms with Gasteiger partial charge in [-0.25, -0.2) is 4.68 Å². The Balaban J connectivity index is 2.71. The Morgan fingerprint density at radius 2 is 2.18 bits per heavy atom. The molecule has 0 spiro atoms. The highest BCUT2D eigenvalue weighted by atomic mass is 35.5. The average Bonchev–Trinajstić information content (AvgIpc) is 2.63. The van der Waals surface area contributed by atoms with Crippen molar-refractivity contribution < 1.29 is 4.79 Å². The Bertz CT molecular complexity index is 591. The summed E-state index contributed by atoms with van der Waals surface area (Å²) < 4.78 is 1.51. The third-order valence-corrected chi connectivity index (χ3v) is 2.59. The quantitative estimate of drug-likeness (QED) is 0.792. The standard InChI is InChI=1S/C11H11ClN4O/c1-6-2-3-16(15-6)10-8(11(14)17)4-7(13)5-9(10)12/h2-5H,13H2,1H3,(H2,14,17). The van der Waals surface area contributed by atoms with Crippen LogP contribution >= 0.6 is 11.6 Å². The number of hydrogen-bond acceptors (Lipinski definition) is 3. The summed E-state index contributed by atoms with van der Waals surface area (Å²) in [5, 5.41) is 4.53. The minimum Gasteiger partial charge on any atom is -0.399 e. The molecular weight excluding hydrogens is 240 g/mol. The summed E-state index contributed by atoms with van der Waals surface area (Å²) in [4.78, 5) is 11.4. The van der Waals surface area contributed by atoms with Crippen LogP contribution < -0.4 is 11.5 Å². The molecule has 0 aliphatic rings. The summed E-state index contributed by atoms with van der Waals surface area (Å²) >= 11 is 6.07. The van der Waals surface area contributed by atoms with Gasteiger partial charge in [-0.15, -0.1) is 0 Å². The van der Waals surface area contributed by atoms with Gasteiger partial charge in [-0.05, 0) is 25.1 Å². The fourth-order valence-electron chi connectivity index (χ4n) is 1.58. The lowest BCUT2D eigenvalue weighted by Gasteiger charge is -2.10. The van der Waals surface area contributed by atoms with Crippen LogP contribution in [0.5, 0.6) is 0 Å². The van der Waals surface area contributed by atoms with Gasteiger partial charge in [-0.2, -0.15) is 5.10 Å². The van der Waals surface area contributed by atoms with Crippen molar-refractivity contribution >= 4 is 23.2 Å². The van der Waals surface area contributed by atoms with Crippen molar-refractivity contribution in [2.45, 2.75) is 6.92 Å². The molecule has 2 aromatic rings. The molecule has 0 saturated heterocycles. The molecule has 1 aromatic heterocycles. The number of primary amides is 1. The molecule has 0 unspecified atom stereocenters. The molecule has 0 saturated carbocycles. The van der Waals surface area contributed by atoms with E-state index in [-0.39, 0.29) is 5.56 Å². The highest BCUT2D eigenvalue weighted by Gasteiger charge is 2.15. The van der Waals surface area contributed by atoms with E-state index in [2.05, 4.69) is 5.10 Å². The number of nitrogen functional groups attached to an aromatic ring is 1. The van der Waals surface area contributed by atoms with Crippen molar-refractivity contribution in [3.05, 3.63) is 40.7 Å². The van der Waals surface area contributed by atoms with E-state index in [0.29, 0.717) is 16.4 Å². The number of amides is 1. The first kappa shape index (κ1) is 11.5. The second kappa shape index (κ2) is 4.10. The molecule has 0 fully saturated rings. The van der Waals surface area contributed by atoms with E-state index in [4.69, 9.17) is 23.1 Å². The molecule has 17 heavy (non-hydrogen) atoms. The van der Waals surface area contributed by atoms with Crippen molar-refractivity contribution in [2.24, 2.45) is 5.73 Å². The van der Waals surface area contributed by atoms with Crippen LogP contribution in [0, 0.1) is 6.92 Å². The number of nitrogens with zero attached hydrogens (tertiary/aromatic N) is 2. The average molecular weight is 251 g/mol. The van der Waals surface area contributed by atoms with Gasteiger partial charge in [0.2, 0.25) is 0 Å². The number of aryl methyl sites for hydroxylation is 1. The number of benzene rings is 1. The number of carbonyl (C=O) groups is 1. The predicted molar refractivity (Wildman–Crippen MR) is 66.2 cm³/mol. The fourth-order valence-corrected chi connectivity index (χ4v) is 1.89. The van der Waals surface area contributed by atoms with E-state index in [9.17, 15) is 4.79 Å². The Labute approximate surface area is 103 Å². The van der Waals surface area contributed by atoms with Gasteiger partial charge in [-0.3, -0.25) is 4.79 Å². The van der Waals surface area contributed by atoms with Gasteiger partial charge in [-0.1, -0.05) is 11.6 Å². The van der Waals surface area contributed by atoms with Crippen LogP contribution in [0.25, 0.3) is 5.69 Å². The van der Waals surface area contributed by atoms with E-state index in [1.165, 1.54) is 10.7 Å². The summed E-state index contributed by atoms with van der Waals surface area (Å²) in [6.07, 6.45) is 1.71. The number of hydrogen-bond donors (Lipinski definition) is 2. The number of carbonyl (C=O) groups excluding carboxylic acids is 1. The topological polar surface area (TPSA) is 86.9 Å². The number of halogens is 1. The Morgan fingerprint density at radius 1 is 1.47 bits per heavy atom. The normalized spacial score (nSPS) is 10.5. The fraction of sp³-hybridized carbons (Fsp3) is 0.0909. The van der Waals surface area contributed by atoms with Crippen LogP contribution in [0.2, 0.25) is 5.02 Å². The summed E-state index contributed by atoms with van der Waals surface area (Å²) in [6.45, 7) is 1.84. The second-order valence-corrected chi connectivity index (χ2v) is 4.07. The zero-order valence-corrected chi connectivity index (χ0v) is 9.90. The maximum absolute atomic E-state index is 11.4. The van der Waals surface area contributed by atoms with E-state index in [0.717, 1.165) is 5.69 Å². The zero-order valence-electron chi connectivity index (χ0n) is 9.14. The van der Waals surface area contributed by atoms with Gasteiger partial charge in [0.1, 0.15) is 0 Å². The first-order chi connectivity index (χ1) is 7.99. The van der Waals surface area contributed by atoms with Crippen LogP contribution in [0.15, 0.2) is 24.4 Å². The van der Waals surface area contributed by atoms with E-state index < -0.39 is 5.91 Å². The van der Waals surface area contributed by atoms with Crippen LogP contribution in [0.4, 0.5) is 5.69 Å². The largest absolute Gasteiger partial charge is 0.399 e. The van der Waals surface area contributed by atoms with E-state index >= 15 is 0 Å². The molecule has 1 aromatic carbocycles. The summed E-state index contributed by atoms with van der Waals surface area (Å²) in [6, 6.07) is 4.85. The maximum atomic E-state index is 11.4. The SMILES string of the molecule is Cc1ccn(-c2c(Cl)cc(N)cc2C(N)=O)n1. The lowest BCUT2D eigenvalue weighted by atomic mass is 10.1. The van der Waals surface area contributed by atoms with E-state index in [1.807, 2.05) is 6.92 Å². The first-order valence-corrected chi connectivity index (χ1v) is 5.28. The van der Waals surface area contributed by atoms with Crippen molar-refractivity contribution in [2.75, 3.05) is 5.73 Å². The Morgan fingerprint density at radius 3 is 2.71 bits per heavy atom. The summed E-state index contributed by atoms with van der Waals surface area (Å²) in [5.74, 6) is -0.595. The predicted octanol–water partition coefficient (Wildman–Crippen LogP) is 1.52. The van der Waals surface area contributed by atoms with Crippen LogP contribution in [-0.4, -0.2) is 15.7 Å². The lowest BCUT2D eigenvalue weighted by Crippen LogP contribution is -2.16. The molecule has 4 N–H and O–H groups in total. The minimum absolute atomic E-state index is 0.248. The highest BCUT2D eigenvalue weighted by Crippen LogP contribution is 2.27. The molecule has 88 valence electrons. The van der Waals surface area contributed by atoms with Crippen molar-refractivity contribution in [1.29, 1.82) is 0 Å². The number of anilines is 1. The van der Waals surface area contributed by atoms with Crippen molar-refractivity contribution in [3.8, 4) is 5.69 Å². The van der Waals surface area contributed by atoms with Gasteiger partial charge in [0.05, 0.1) is 22.0 Å². The van der Waals surface area contributed by atoms with Gasteiger partial charge in [0.25, 0.3) is 5.91 Å². The molecule has 6 heteroatoms. The minimum atomic E-state index is -0.595. The summed E-state index contributed by atoms with van der Waals surface area (Å²) in [7, 11) is 0. The third-order valence-electron chi connectivity index (χ3n) is 2.30. The monoisotopic (exact) mass is 250 g/mol. The van der Waals surface area contributed by atoms with Crippen LogP contribution in [0.1, 0.15) is 16.1 Å². The number of aromatic nitrogens is 2. The van der Waals surface area contributed by atoms with Crippen LogP contribution in [0.3, 0.4) is 0 Å². The Kier molecular flexibility index (Phi) is 2.77. The molecule has 0 aliphatic heterocycles. The van der Waals surface area contributed by atoms with Crippen molar-refractivity contribution in [1.82, 2.24) is 9.78 Å². The summed E-state index contributed by atoms with van der Waals surface area (Å²) in [5.41, 5.74) is 12.8. The lowest BCUT2D eigenvalue weighted by molar-refractivity contribution is 0.1000. The first-order valence-electron chi connectivity index (χ1n) is 4.90. The highest BCUT2D eigenvalue weighted by molar-refractivity contribution is 6.33. The molecule has 1 amide bonds. The molecule has 0 bridgehead atoms. The molecule has 5 nitrogen and oxygen atoms in total. The number of rotatable bonds is 2. The maximum Gasteiger partial charge on any atom is 0.251 e. The zero-order chi connectivity index (χ0) is 12.6. The number of nitrogens with two attached hydrogens (primary N) is 2. The Hall–Kier alpha value is -2.01. The third kappa shape index (κ3) is 2.09. The van der Waals surface area contributed by atoms with Gasteiger partial charge >= 0.3 is 0 Å². The molecule has 0 radical (unpaired) electrons. The molecule has 2 rings (SSSR count). The molecular formula is C11H11ClN4O. The van der Waals surface area contributed by atoms with Crippen molar-refractivity contribution in [3.63, 3.8) is 0 Å². The second-order valence-electron chi connectivity index (χ2n) is 3.66. The smallest absolute Gasteiger partial charge is 0.251 e. The molecule has 1 heterocycles. The van der Waals surface area contributed by atoms with Crippen LogP contribution in [-0.2, 0) is 0 Å².